The molecule has 20 heavy (non-hydrogen) atoms. The number of hydrogen-bond acceptors (Lipinski definition) is 0. The van der Waals surface area contributed by atoms with Crippen LogP contribution in [0.4, 0.5) is 0 Å². The van der Waals surface area contributed by atoms with E-state index in [0.29, 0.717) is 0 Å². The molecular weight excluding hydrogens is 260 g/mol. The van der Waals surface area contributed by atoms with E-state index < -0.39 is 0 Å². The summed E-state index contributed by atoms with van der Waals surface area (Å²) in [6.07, 6.45) is 8.47. The Morgan fingerprint density at radius 2 is 1.05 bits per heavy atom. The molecule has 0 saturated heterocycles. The molecule has 1 heteroatoms. The number of rotatable bonds is 3. The number of benzene rings is 2. The zero-order valence-electron chi connectivity index (χ0n) is 12.0. The van der Waals surface area contributed by atoms with Crippen molar-refractivity contribution in [3.8, 4) is 0 Å². The molecule has 0 spiro atoms. The second-order valence-electron chi connectivity index (χ2n) is 5.58. The normalized spacial score (nSPS) is 17.1. The molecule has 0 radical (unpaired) electrons. The molecule has 1 aliphatic carbocycles. The van der Waals surface area contributed by atoms with Crippen LogP contribution in [0.1, 0.15) is 38.5 Å². The maximum Gasteiger partial charge on any atom is 0.160 e. The smallest absolute Gasteiger partial charge is 0.0619 e. The predicted molar refractivity (Wildman–Crippen MR) is 88.3 cm³/mol. The summed E-state index contributed by atoms with van der Waals surface area (Å²) in [5, 5.41) is 0.835. The molecule has 2 aromatic carbocycles. The molecule has 0 nitrogen and oxygen atoms in total. The fourth-order valence-corrected chi connectivity index (χ4v) is 5.88. The quantitative estimate of drug-likeness (QED) is 0.519. The van der Waals surface area contributed by atoms with Crippen LogP contribution in [0.25, 0.3) is 0 Å². The van der Waals surface area contributed by atoms with Crippen LogP contribution in [-0.4, -0.2) is 5.25 Å². The summed E-state index contributed by atoms with van der Waals surface area (Å²) in [4.78, 5) is 3.04. The van der Waals surface area contributed by atoms with Crippen molar-refractivity contribution in [1.29, 1.82) is 0 Å². The Morgan fingerprint density at radius 1 is 0.600 bits per heavy atom. The summed E-state index contributed by atoms with van der Waals surface area (Å²) in [5.41, 5.74) is 0. The van der Waals surface area contributed by atoms with E-state index >= 15 is 0 Å². The van der Waals surface area contributed by atoms with Crippen molar-refractivity contribution < 1.29 is 0 Å². The minimum absolute atomic E-state index is 0.251. The van der Waals surface area contributed by atoms with E-state index in [4.69, 9.17) is 0 Å². The van der Waals surface area contributed by atoms with Crippen LogP contribution >= 0.6 is 0 Å². The lowest BCUT2D eigenvalue weighted by Gasteiger charge is -2.17. The van der Waals surface area contributed by atoms with Crippen molar-refractivity contribution in [1.82, 2.24) is 0 Å². The lowest BCUT2D eigenvalue weighted by molar-refractivity contribution is 0.702. The molecule has 0 N–H and O–H groups in total. The summed E-state index contributed by atoms with van der Waals surface area (Å²) in [6.45, 7) is 0. The standard InChI is InChI=1S/C19H23S/c1-2-6-12-17(11-5-1)20(18-13-7-3-8-14-18)19-15-9-4-10-16-19/h3-4,7-10,13-17H,1-2,5-6,11-12H2/q+1. The minimum atomic E-state index is 0.251. The molecule has 1 saturated carbocycles. The Labute approximate surface area is 125 Å². The second-order valence-corrected chi connectivity index (χ2v) is 7.86. The van der Waals surface area contributed by atoms with Gasteiger partial charge in [-0.15, -0.1) is 0 Å². The molecule has 0 aliphatic heterocycles. The first-order valence-corrected chi connectivity index (χ1v) is 9.07. The zero-order chi connectivity index (χ0) is 13.6. The highest BCUT2D eigenvalue weighted by atomic mass is 32.2. The maximum absolute atomic E-state index is 2.32. The molecule has 104 valence electrons. The molecule has 0 amide bonds. The van der Waals surface area contributed by atoms with Crippen LogP contribution in [0, 0.1) is 0 Å². The van der Waals surface area contributed by atoms with Gasteiger partial charge in [0.25, 0.3) is 0 Å². The van der Waals surface area contributed by atoms with Gasteiger partial charge in [-0.05, 0) is 49.9 Å². The Balaban J connectivity index is 1.95. The van der Waals surface area contributed by atoms with Crippen LogP contribution in [0.5, 0.6) is 0 Å². The van der Waals surface area contributed by atoms with Gasteiger partial charge in [0.05, 0.1) is 10.9 Å². The van der Waals surface area contributed by atoms with E-state index in [1.165, 1.54) is 48.3 Å². The fourth-order valence-electron chi connectivity index (χ4n) is 3.13. The third kappa shape index (κ3) is 3.27. The summed E-state index contributed by atoms with van der Waals surface area (Å²) in [6, 6.07) is 22.3. The third-order valence-electron chi connectivity index (χ3n) is 4.13. The van der Waals surface area contributed by atoms with Crippen LogP contribution < -0.4 is 0 Å². The van der Waals surface area contributed by atoms with Gasteiger partial charge in [0.15, 0.2) is 9.79 Å². The zero-order valence-corrected chi connectivity index (χ0v) is 12.8. The molecular formula is C19H23S+. The van der Waals surface area contributed by atoms with Crippen molar-refractivity contribution in [2.75, 3.05) is 0 Å². The highest BCUT2D eigenvalue weighted by Crippen LogP contribution is 2.34. The van der Waals surface area contributed by atoms with Gasteiger partial charge in [-0.3, -0.25) is 0 Å². The predicted octanol–water partition coefficient (Wildman–Crippen LogP) is 5.45. The molecule has 1 fully saturated rings. The largest absolute Gasteiger partial charge is 0.160 e. The fraction of sp³-hybridized carbons (Fsp3) is 0.368. The molecule has 1 aliphatic rings. The summed E-state index contributed by atoms with van der Waals surface area (Å²) in [7, 11) is 0.251. The van der Waals surface area contributed by atoms with Gasteiger partial charge >= 0.3 is 0 Å². The second kappa shape index (κ2) is 6.99. The number of hydrogen-bond donors (Lipinski definition) is 0. The topological polar surface area (TPSA) is 0 Å². The van der Waals surface area contributed by atoms with Gasteiger partial charge in [-0.2, -0.15) is 0 Å². The van der Waals surface area contributed by atoms with Gasteiger partial charge in [-0.1, -0.05) is 49.2 Å². The molecule has 0 aromatic heterocycles. The third-order valence-corrected chi connectivity index (χ3v) is 6.83. The van der Waals surface area contributed by atoms with Crippen LogP contribution in [0.15, 0.2) is 70.5 Å². The molecule has 3 rings (SSSR count). The van der Waals surface area contributed by atoms with Crippen molar-refractivity contribution in [2.45, 2.75) is 53.6 Å². The van der Waals surface area contributed by atoms with E-state index in [0.717, 1.165) is 5.25 Å². The molecule has 0 atom stereocenters. The van der Waals surface area contributed by atoms with E-state index in [1.807, 2.05) is 0 Å². The van der Waals surface area contributed by atoms with Gasteiger partial charge in [0.1, 0.15) is 5.25 Å². The first-order valence-electron chi connectivity index (χ1n) is 7.78. The van der Waals surface area contributed by atoms with Crippen LogP contribution in [0.2, 0.25) is 0 Å². The first kappa shape index (κ1) is 13.8. The Hall–Kier alpha value is -1.21. The Kier molecular flexibility index (Phi) is 4.81. The summed E-state index contributed by atoms with van der Waals surface area (Å²) in [5.74, 6) is 0. The Morgan fingerprint density at radius 3 is 1.50 bits per heavy atom. The van der Waals surface area contributed by atoms with E-state index in [1.54, 1.807) is 0 Å². The maximum atomic E-state index is 2.32. The van der Waals surface area contributed by atoms with E-state index in [2.05, 4.69) is 60.7 Å². The SMILES string of the molecule is c1ccc([S+](c2ccccc2)C2CCCCCC2)cc1. The van der Waals surface area contributed by atoms with Gasteiger partial charge in [0, 0.05) is 0 Å². The minimum Gasteiger partial charge on any atom is -0.0619 e. The lowest BCUT2D eigenvalue weighted by Crippen LogP contribution is -2.21. The average Bonchev–Trinajstić information content (AvgIpc) is 2.79. The van der Waals surface area contributed by atoms with Crippen molar-refractivity contribution >= 4 is 10.9 Å². The van der Waals surface area contributed by atoms with Gasteiger partial charge < -0.3 is 0 Å². The monoisotopic (exact) mass is 283 g/mol. The van der Waals surface area contributed by atoms with Crippen LogP contribution in [0.3, 0.4) is 0 Å². The molecule has 0 unspecified atom stereocenters. The Bertz CT molecular complexity index is 458. The van der Waals surface area contributed by atoms with Crippen LogP contribution in [-0.2, 0) is 10.9 Å². The lowest BCUT2D eigenvalue weighted by atomic mass is 10.2. The van der Waals surface area contributed by atoms with E-state index in [-0.39, 0.29) is 10.9 Å². The molecule has 0 heterocycles. The first-order chi connectivity index (χ1) is 9.95. The van der Waals surface area contributed by atoms with E-state index in [9.17, 15) is 0 Å². The average molecular weight is 283 g/mol. The van der Waals surface area contributed by atoms with Crippen molar-refractivity contribution in [3.63, 3.8) is 0 Å². The summed E-state index contributed by atoms with van der Waals surface area (Å²) < 4.78 is 0. The van der Waals surface area contributed by atoms with Gasteiger partial charge in [0.2, 0.25) is 0 Å². The van der Waals surface area contributed by atoms with Gasteiger partial charge in [-0.25, -0.2) is 0 Å². The molecule has 2 aromatic rings. The highest BCUT2D eigenvalue weighted by Gasteiger charge is 2.35. The summed E-state index contributed by atoms with van der Waals surface area (Å²) >= 11 is 0. The van der Waals surface area contributed by atoms with Crippen molar-refractivity contribution in [3.05, 3.63) is 60.7 Å². The molecule has 0 bridgehead atoms. The highest BCUT2D eigenvalue weighted by molar-refractivity contribution is 7.97. The van der Waals surface area contributed by atoms with Crippen molar-refractivity contribution in [2.24, 2.45) is 0 Å².